The molecule has 1 aromatic heterocycles. The Hall–Kier alpha value is -0.830. The molecule has 14 heavy (non-hydrogen) atoms. The molecule has 0 fully saturated rings. The number of aromatic nitrogens is 2. The summed E-state index contributed by atoms with van der Waals surface area (Å²) in [5, 5.41) is 7.65. The molecular formula is C11H21N3. The number of hydrogen-bond donors (Lipinski definition) is 1. The summed E-state index contributed by atoms with van der Waals surface area (Å²) in [5.41, 5.74) is 1.25. The van der Waals surface area contributed by atoms with Crippen LogP contribution in [0.3, 0.4) is 0 Å². The Bertz CT molecular complexity index is 267. The molecule has 0 saturated carbocycles. The van der Waals surface area contributed by atoms with E-state index in [1.54, 1.807) is 0 Å². The predicted molar refractivity (Wildman–Crippen MR) is 59.0 cm³/mol. The van der Waals surface area contributed by atoms with Gasteiger partial charge in [-0.3, -0.25) is 4.68 Å². The quantitative estimate of drug-likeness (QED) is 0.778. The Kier molecular flexibility index (Phi) is 4.14. The van der Waals surface area contributed by atoms with Crippen LogP contribution in [-0.2, 0) is 13.6 Å². The summed E-state index contributed by atoms with van der Waals surface area (Å²) in [5.74, 6) is 0.728. The highest BCUT2D eigenvalue weighted by molar-refractivity contribution is 5.03. The summed E-state index contributed by atoms with van der Waals surface area (Å²) in [4.78, 5) is 0. The second-order valence-electron chi connectivity index (χ2n) is 4.08. The lowest BCUT2D eigenvalue weighted by Crippen LogP contribution is -2.31. The molecule has 0 aromatic carbocycles. The zero-order chi connectivity index (χ0) is 10.6. The van der Waals surface area contributed by atoms with Crippen LogP contribution >= 0.6 is 0 Å². The third-order valence-corrected chi connectivity index (χ3v) is 2.88. The van der Waals surface area contributed by atoms with Crippen molar-refractivity contribution in [2.75, 3.05) is 0 Å². The van der Waals surface area contributed by atoms with E-state index in [9.17, 15) is 0 Å². The summed E-state index contributed by atoms with van der Waals surface area (Å²) >= 11 is 0. The molecule has 3 heteroatoms. The zero-order valence-corrected chi connectivity index (χ0v) is 9.62. The van der Waals surface area contributed by atoms with Gasteiger partial charge in [0.05, 0.1) is 6.20 Å². The minimum atomic E-state index is 0.570. The first-order valence-electron chi connectivity index (χ1n) is 5.34. The Morgan fingerprint density at radius 1 is 1.50 bits per heavy atom. The van der Waals surface area contributed by atoms with Crippen molar-refractivity contribution in [3.05, 3.63) is 18.0 Å². The average Bonchev–Trinajstić information content (AvgIpc) is 2.59. The van der Waals surface area contributed by atoms with Gasteiger partial charge >= 0.3 is 0 Å². The molecular weight excluding hydrogens is 174 g/mol. The van der Waals surface area contributed by atoms with E-state index < -0.39 is 0 Å². The highest BCUT2D eigenvalue weighted by Crippen LogP contribution is 2.07. The van der Waals surface area contributed by atoms with E-state index in [0.29, 0.717) is 6.04 Å². The van der Waals surface area contributed by atoms with Crippen molar-refractivity contribution < 1.29 is 0 Å². The van der Waals surface area contributed by atoms with Gasteiger partial charge in [-0.15, -0.1) is 0 Å². The van der Waals surface area contributed by atoms with Crippen LogP contribution in [0.1, 0.15) is 32.8 Å². The maximum absolute atomic E-state index is 4.14. The molecule has 1 heterocycles. The van der Waals surface area contributed by atoms with E-state index in [0.717, 1.165) is 12.5 Å². The molecule has 0 aliphatic heterocycles. The van der Waals surface area contributed by atoms with E-state index in [4.69, 9.17) is 0 Å². The first-order valence-corrected chi connectivity index (χ1v) is 5.34. The summed E-state index contributed by atoms with van der Waals surface area (Å²) in [7, 11) is 1.95. The number of aryl methyl sites for hydroxylation is 1. The lowest BCUT2D eigenvalue weighted by Gasteiger charge is -2.19. The second kappa shape index (κ2) is 5.15. The van der Waals surface area contributed by atoms with Crippen LogP contribution in [0.15, 0.2) is 12.4 Å². The van der Waals surface area contributed by atoms with Crippen molar-refractivity contribution in [3.63, 3.8) is 0 Å². The highest BCUT2D eigenvalue weighted by atomic mass is 15.2. The van der Waals surface area contributed by atoms with E-state index in [1.165, 1.54) is 12.0 Å². The monoisotopic (exact) mass is 195 g/mol. The van der Waals surface area contributed by atoms with Gasteiger partial charge in [-0.05, 0) is 12.8 Å². The molecule has 0 aliphatic carbocycles. The van der Waals surface area contributed by atoms with E-state index in [-0.39, 0.29) is 0 Å². The van der Waals surface area contributed by atoms with Gasteiger partial charge in [0.1, 0.15) is 0 Å². The summed E-state index contributed by atoms with van der Waals surface area (Å²) in [6.07, 6.45) is 5.19. The molecule has 1 rings (SSSR count). The lowest BCUT2D eigenvalue weighted by atomic mass is 10.0. The van der Waals surface area contributed by atoms with E-state index in [2.05, 4.69) is 37.4 Å². The third-order valence-electron chi connectivity index (χ3n) is 2.88. The normalized spacial score (nSPS) is 15.4. The molecule has 0 aliphatic rings. The molecule has 0 radical (unpaired) electrons. The summed E-state index contributed by atoms with van der Waals surface area (Å²) in [6.45, 7) is 7.66. The molecule has 0 saturated heterocycles. The number of hydrogen-bond acceptors (Lipinski definition) is 2. The Labute approximate surface area is 86.5 Å². The Balaban J connectivity index is 2.33. The third kappa shape index (κ3) is 3.14. The largest absolute Gasteiger partial charge is 0.310 e. The van der Waals surface area contributed by atoms with Gasteiger partial charge in [0.2, 0.25) is 0 Å². The van der Waals surface area contributed by atoms with Crippen molar-refractivity contribution in [1.29, 1.82) is 0 Å². The van der Waals surface area contributed by atoms with Crippen LogP contribution in [0.5, 0.6) is 0 Å². The van der Waals surface area contributed by atoms with Crippen LogP contribution in [0.25, 0.3) is 0 Å². The molecule has 0 bridgehead atoms. The second-order valence-corrected chi connectivity index (χ2v) is 4.08. The predicted octanol–water partition coefficient (Wildman–Crippen LogP) is 1.94. The summed E-state index contributed by atoms with van der Waals surface area (Å²) < 4.78 is 1.84. The van der Waals surface area contributed by atoms with Crippen LogP contribution in [0.4, 0.5) is 0 Å². The minimum absolute atomic E-state index is 0.570. The SMILES string of the molecule is CC[C@H](C)[C@@H](C)NCc1cnn(C)c1. The smallest absolute Gasteiger partial charge is 0.0534 e. The van der Waals surface area contributed by atoms with Gasteiger partial charge < -0.3 is 5.32 Å². The topological polar surface area (TPSA) is 29.9 Å². The Morgan fingerprint density at radius 3 is 2.71 bits per heavy atom. The molecule has 0 spiro atoms. The standard InChI is InChI=1S/C11H21N3/c1-5-9(2)10(3)12-6-11-7-13-14(4)8-11/h7-10,12H,5-6H2,1-4H3/t9-,10+/m0/s1. The molecule has 2 atom stereocenters. The van der Waals surface area contributed by atoms with E-state index >= 15 is 0 Å². The van der Waals surface area contributed by atoms with Crippen molar-refractivity contribution in [2.45, 2.75) is 39.8 Å². The van der Waals surface area contributed by atoms with Gasteiger partial charge in [0.15, 0.2) is 0 Å². The fourth-order valence-electron chi connectivity index (χ4n) is 1.40. The van der Waals surface area contributed by atoms with Crippen LogP contribution < -0.4 is 5.32 Å². The molecule has 1 N–H and O–H groups in total. The van der Waals surface area contributed by atoms with Crippen LogP contribution in [0, 0.1) is 5.92 Å². The number of rotatable bonds is 5. The van der Waals surface area contributed by atoms with Crippen LogP contribution in [0.2, 0.25) is 0 Å². The lowest BCUT2D eigenvalue weighted by molar-refractivity contribution is 0.389. The molecule has 80 valence electrons. The maximum Gasteiger partial charge on any atom is 0.0534 e. The first kappa shape index (κ1) is 11.2. The molecule has 0 unspecified atom stereocenters. The van der Waals surface area contributed by atoms with Gasteiger partial charge in [-0.25, -0.2) is 0 Å². The minimum Gasteiger partial charge on any atom is -0.310 e. The fourth-order valence-corrected chi connectivity index (χ4v) is 1.40. The van der Waals surface area contributed by atoms with Crippen molar-refractivity contribution >= 4 is 0 Å². The maximum atomic E-state index is 4.14. The van der Waals surface area contributed by atoms with Gasteiger partial charge in [-0.2, -0.15) is 5.10 Å². The van der Waals surface area contributed by atoms with E-state index in [1.807, 2.05) is 17.9 Å². The van der Waals surface area contributed by atoms with Gasteiger partial charge in [-0.1, -0.05) is 20.3 Å². The molecule has 0 amide bonds. The van der Waals surface area contributed by atoms with Gasteiger partial charge in [0, 0.05) is 31.4 Å². The first-order chi connectivity index (χ1) is 6.63. The van der Waals surface area contributed by atoms with Crippen molar-refractivity contribution in [3.8, 4) is 0 Å². The zero-order valence-electron chi connectivity index (χ0n) is 9.62. The number of nitrogens with one attached hydrogen (secondary N) is 1. The molecule has 3 nitrogen and oxygen atoms in total. The molecule has 1 aromatic rings. The van der Waals surface area contributed by atoms with Crippen LogP contribution in [-0.4, -0.2) is 15.8 Å². The summed E-state index contributed by atoms with van der Waals surface area (Å²) in [6, 6.07) is 0.570. The van der Waals surface area contributed by atoms with Gasteiger partial charge in [0.25, 0.3) is 0 Å². The highest BCUT2D eigenvalue weighted by Gasteiger charge is 2.09. The average molecular weight is 195 g/mol. The number of nitrogens with zero attached hydrogens (tertiary/aromatic N) is 2. The van der Waals surface area contributed by atoms with Crippen molar-refractivity contribution in [2.24, 2.45) is 13.0 Å². The van der Waals surface area contributed by atoms with Crippen molar-refractivity contribution in [1.82, 2.24) is 15.1 Å². The fraction of sp³-hybridized carbons (Fsp3) is 0.727. The Morgan fingerprint density at radius 2 is 2.21 bits per heavy atom.